The summed E-state index contributed by atoms with van der Waals surface area (Å²) in [5.74, 6) is 1.22. The van der Waals surface area contributed by atoms with E-state index < -0.39 is 0 Å². The van der Waals surface area contributed by atoms with Gasteiger partial charge in [-0.15, -0.1) is 0 Å². The van der Waals surface area contributed by atoms with E-state index in [1.54, 1.807) is 0 Å². The molecule has 0 saturated heterocycles. The van der Waals surface area contributed by atoms with Gasteiger partial charge in [0.25, 0.3) is 0 Å². The molecule has 180 valence electrons. The first-order chi connectivity index (χ1) is 18.8. The van der Waals surface area contributed by atoms with Crippen LogP contribution in [0.4, 0.5) is 0 Å². The third kappa shape index (κ3) is 3.02. The maximum atomic E-state index is 6.52. The minimum Gasteiger partial charge on any atom is -0.484 e. The number of aryl methyl sites for hydroxylation is 1. The molecule has 0 spiro atoms. The number of para-hydroxylation sites is 1. The number of hydrogen-bond donors (Lipinski definition) is 0. The second-order valence-electron chi connectivity index (χ2n) is 10.1. The van der Waals surface area contributed by atoms with Crippen LogP contribution in [0, 0.1) is 6.92 Å². The number of fused-ring (bicyclic) bond motifs is 9. The van der Waals surface area contributed by atoms with E-state index in [9.17, 15) is 0 Å². The van der Waals surface area contributed by atoms with Gasteiger partial charge in [0.15, 0.2) is 0 Å². The molecule has 1 aliphatic carbocycles. The van der Waals surface area contributed by atoms with E-state index in [4.69, 9.17) is 14.7 Å². The Morgan fingerprint density at radius 1 is 0.579 bits per heavy atom. The minimum absolute atomic E-state index is 0.0464. The molecule has 0 fully saturated rings. The van der Waals surface area contributed by atoms with Gasteiger partial charge >= 0.3 is 0 Å². The molecule has 0 radical (unpaired) electrons. The van der Waals surface area contributed by atoms with Crippen molar-refractivity contribution in [2.75, 3.05) is 0 Å². The van der Waals surface area contributed by atoms with Crippen molar-refractivity contribution >= 4 is 32.6 Å². The van der Waals surface area contributed by atoms with Gasteiger partial charge in [0.2, 0.25) is 0 Å². The summed E-state index contributed by atoms with van der Waals surface area (Å²) in [6.45, 7) is 2.07. The molecule has 2 aliphatic rings. The van der Waals surface area contributed by atoms with Crippen molar-refractivity contribution in [2.24, 2.45) is 0 Å². The summed E-state index contributed by atoms with van der Waals surface area (Å²) in [4.78, 5) is 10.5. The number of nitrogens with zero attached hydrogens (tertiary/aromatic N) is 2. The van der Waals surface area contributed by atoms with Crippen LogP contribution in [-0.4, -0.2) is 16.1 Å². The van der Waals surface area contributed by atoms with E-state index in [1.807, 2.05) is 0 Å². The molecule has 0 N–H and O–H groups in total. The Morgan fingerprint density at radius 2 is 1.18 bits per heavy atom. The predicted octanol–water partition coefficient (Wildman–Crippen LogP) is 8.55. The lowest BCUT2D eigenvalue weighted by molar-refractivity contribution is 0.270. The van der Waals surface area contributed by atoms with Gasteiger partial charge in [0, 0.05) is 33.4 Å². The smallest absolute Gasteiger partial charge is 0.132 e. The van der Waals surface area contributed by atoms with Gasteiger partial charge in [-0.25, -0.2) is 9.97 Å². The second kappa shape index (κ2) is 8.12. The van der Waals surface area contributed by atoms with Gasteiger partial charge in [0.1, 0.15) is 11.9 Å². The Kier molecular flexibility index (Phi) is 4.56. The van der Waals surface area contributed by atoms with Gasteiger partial charge < -0.3 is 4.74 Å². The molecule has 0 bridgehead atoms. The van der Waals surface area contributed by atoms with E-state index in [0.717, 1.165) is 55.6 Å². The Hall–Kier alpha value is -4.76. The SMILES string of the molecule is Cc1nc2c3ccccc3c3ccccc3c2nc1-c1ccccc1-c1cccc2c1OC1C=CC=CC21. The van der Waals surface area contributed by atoms with Gasteiger partial charge in [-0.2, -0.15) is 0 Å². The number of aromatic nitrogens is 2. The maximum Gasteiger partial charge on any atom is 0.132 e. The van der Waals surface area contributed by atoms with Crippen LogP contribution in [0.2, 0.25) is 0 Å². The zero-order valence-electron chi connectivity index (χ0n) is 20.9. The highest BCUT2D eigenvalue weighted by atomic mass is 16.5. The van der Waals surface area contributed by atoms with Crippen molar-refractivity contribution < 1.29 is 4.74 Å². The molecule has 3 nitrogen and oxygen atoms in total. The van der Waals surface area contributed by atoms with Gasteiger partial charge in [-0.3, -0.25) is 0 Å². The summed E-state index contributed by atoms with van der Waals surface area (Å²) >= 11 is 0. The number of hydrogen-bond acceptors (Lipinski definition) is 3. The average molecular weight is 489 g/mol. The van der Waals surface area contributed by atoms with Crippen molar-refractivity contribution in [1.29, 1.82) is 0 Å². The van der Waals surface area contributed by atoms with Crippen LogP contribution in [0.1, 0.15) is 17.2 Å². The fraction of sp³-hybridized carbons (Fsp3) is 0.0857. The first-order valence-electron chi connectivity index (χ1n) is 13.1. The monoisotopic (exact) mass is 488 g/mol. The number of benzene rings is 5. The molecule has 0 amide bonds. The zero-order chi connectivity index (χ0) is 25.2. The van der Waals surface area contributed by atoms with Crippen LogP contribution < -0.4 is 4.74 Å². The van der Waals surface area contributed by atoms with Crippen molar-refractivity contribution in [3.05, 3.63) is 127 Å². The number of rotatable bonds is 2. The first kappa shape index (κ1) is 21.3. The summed E-state index contributed by atoms with van der Waals surface area (Å²) < 4.78 is 6.52. The lowest BCUT2D eigenvalue weighted by Gasteiger charge is -2.16. The number of allylic oxidation sites excluding steroid dienone is 2. The Balaban J connectivity index is 1.39. The Labute approximate surface area is 220 Å². The van der Waals surface area contributed by atoms with Crippen LogP contribution in [-0.2, 0) is 0 Å². The molecule has 5 aromatic carbocycles. The summed E-state index contributed by atoms with van der Waals surface area (Å²) in [6, 6.07) is 32.0. The largest absolute Gasteiger partial charge is 0.484 e. The van der Waals surface area contributed by atoms with Crippen molar-refractivity contribution in [2.45, 2.75) is 18.9 Å². The molecule has 6 aromatic rings. The van der Waals surface area contributed by atoms with Crippen molar-refractivity contribution in [1.82, 2.24) is 9.97 Å². The lowest BCUT2D eigenvalue weighted by atomic mass is 9.89. The van der Waals surface area contributed by atoms with Crippen molar-refractivity contribution in [3.63, 3.8) is 0 Å². The number of ether oxygens (including phenoxy) is 1. The quantitative estimate of drug-likeness (QED) is 0.229. The van der Waals surface area contributed by atoms with E-state index in [-0.39, 0.29) is 12.0 Å². The van der Waals surface area contributed by atoms with Gasteiger partial charge in [0.05, 0.1) is 22.4 Å². The normalized spacial score (nSPS) is 17.6. The zero-order valence-corrected chi connectivity index (χ0v) is 20.9. The van der Waals surface area contributed by atoms with Crippen LogP contribution in [0.5, 0.6) is 5.75 Å². The van der Waals surface area contributed by atoms with Crippen LogP contribution in [0.25, 0.3) is 55.0 Å². The molecular weight excluding hydrogens is 464 g/mol. The van der Waals surface area contributed by atoms with E-state index in [2.05, 4.69) is 122 Å². The van der Waals surface area contributed by atoms with Gasteiger partial charge in [-0.1, -0.05) is 109 Å². The fourth-order valence-corrected chi connectivity index (χ4v) is 6.20. The lowest BCUT2D eigenvalue weighted by Crippen LogP contribution is -2.15. The van der Waals surface area contributed by atoms with E-state index in [1.165, 1.54) is 16.3 Å². The molecular formula is C35H24N2O. The maximum absolute atomic E-state index is 6.52. The Morgan fingerprint density at radius 3 is 1.95 bits per heavy atom. The van der Waals surface area contributed by atoms with Crippen LogP contribution in [0.3, 0.4) is 0 Å². The average Bonchev–Trinajstić information content (AvgIpc) is 3.36. The van der Waals surface area contributed by atoms with E-state index >= 15 is 0 Å². The molecule has 38 heavy (non-hydrogen) atoms. The standard InChI is InChI=1S/C35H24N2O/c1-21-32(37-34-28-17-7-3-12-23(28)22-11-2-6-16-27(22)33(34)36-21)26-15-5-4-13-24(26)29-18-10-19-30-25-14-8-9-20-31(25)38-35(29)30/h2-20,25,31H,1H3. The first-order valence-corrected chi connectivity index (χ1v) is 13.1. The highest BCUT2D eigenvalue weighted by Crippen LogP contribution is 2.48. The minimum atomic E-state index is 0.0464. The van der Waals surface area contributed by atoms with Crippen molar-refractivity contribution in [3.8, 4) is 28.1 Å². The molecule has 2 heterocycles. The van der Waals surface area contributed by atoms with Crippen LogP contribution >= 0.6 is 0 Å². The van der Waals surface area contributed by atoms with E-state index in [0.29, 0.717) is 0 Å². The Bertz CT molecular complexity index is 1980. The molecule has 2 atom stereocenters. The summed E-state index contributed by atoms with van der Waals surface area (Å²) in [5, 5.41) is 4.67. The third-order valence-corrected chi connectivity index (χ3v) is 7.94. The second-order valence-corrected chi connectivity index (χ2v) is 10.1. The topological polar surface area (TPSA) is 35.0 Å². The molecule has 3 heteroatoms. The molecule has 1 aliphatic heterocycles. The van der Waals surface area contributed by atoms with Crippen LogP contribution in [0.15, 0.2) is 115 Å². The summed E-state index contributed by atoms with van der Waals surface area (Å²) in [6.07, 6.45) is 8.62. The van der Waals surface area contributed by atoms with Gasteiger partial charge in [-0.05, 0) is 29.3 Å². The molecule has 8 rings (SSSR count). The summed E-state index contributed by atoms with van der Waals surface area (Å²) in [7, 11) is 0. The highest BCUT2D eigenvalue weighted by Gasteiger charge is 2.34. The molecule has 2 unspecified atom stereocenters. The molecule has 0 saturated carbocycles. The highest BCUT2D eigenvalue weighted by molar-refractivity contribution is 6.23. The third-order valence-electron chi connectivity index (χ3n) is 7.94. The predicted molar refractivity (Wildman–Crippen MR) is 156 cm³/mol. The summed E-state index contributed by atoms with van der Waals surface area (Å²) in [5.41, 5.74) is 8.21. The fourth-order valence-electron chi connectivity index (χ4n) is 6.20. The molecule has 1 aromatic heterocycles.